The number of nitrogens with one attached hydrogen (secondary N) is 1. The highest BCUT2D eigenvalue weighted by atomic mass is 16.2. The SMILES string of the molecule is Cc1cc(N2CCCC2=O)ccc1-c1ccc(Nc2cncc(N3CCN(Cc4ccc(N)cc4)C3=O)c2)nc1. The van der Waals surface area contributed by atoms with Crippen LogP contribution in [0.4, 0.5) is 33.4 Å². The molecule has 0 unspecified atom stereocenters. The van der Waals surface area contributed by atoms with E-state index in [1.54, 1.807) is 17.3 Å². The van der Waals surface area contributed by atoms with E-state index in [1.807, 2.05) is 64.5 Å². The van der Waals surface area contributed by atoms with E-state index in [0.717, 1.165) is 52.3 Å². The lowest BCUT2D eigenvalue weighted by Gasteiger charge is -2.19. The van der Waals surface area contributed by atoms with Gasteiger partial charge in [-0.1, -0.05) is 18.2 Å². The Morgan fingerprint density at radius 1 is 0.875 bits per heavy atom. The third-order valence-electron chi connectivity index (χ3n) is 7.43. The van der Waals surface area contributed by atoms with Gasteiger partial charge in [0.25, 0.3) is 0 Å². The molecule has 2 aliphatic heterocycles. The first kappa shape index (κ1) is 25.4. The van der Waals surface area contributed by atoms with E-state index in [0.29, 0.717) is 37.6 Å². The molecule has 4 heterocycles. The first-order valence-electron chi connectivity index (χ1n) is 13.4. The fourth-order valence-electron chi connectivity index (χ4n) is 5.29. The summed E-state index contributed by atoms with van der Waals surface area (Å²) in [5.74, 6) is 0.866. The quantitative estimate of drug-likeness (QED) is 0.310. The second-order valence-corrected chi connectivity index (χ2v) is 10.2. The second kappa shape index (κ2) is 10.7. The zero-order chi connectivity index (χ0) is 27.6. The molecule has 2 aromatic heterocycles. The Morgan fingerprint density at radius 3 is 2.45 bits per heavy atom. The number of urea groups is 1. The molecule has 2 aliphatic rings. The number of carbonyl (C=O) groups is 2. The highest BCUT2D eigenvalue weighted by Gasteiger charge is 2.30. The molecule has 2 aromatic carbocycles. The minimum atomic E-state index is -0.0475. The van der Waals surface area contributed by atoms with Gasteiger partial charge in [0.15, 0.2) is 0 Å². The molecular formula is C31H31N7O2. The fourth-order valence-corrected chi connectivity index (χ4v) is 5.29. The topological polar surface area (TPSA) is 108 Å². The lowest BCUT2D eigenvalue weighted by Crippen LogP contribution is -2.31. The van der Waals surface area contributed by atoms with Crippen molar-refractivity contribution in [1.29, 1.82) is 0 Å². The molecule has 4 aromatic rings. The molecular weight excluding hydrogens is 502 g/mol. The average Bonchev–Trinajstić information content (AvgIpc) is 3.55. The van der Waals surface area contributed by atoms with Crippen LogP contribution in [0.15, 0.2) is 79.3 Å². The van der Waals surface area contributed by atoms with Crippen molar-refractivity contribution in [3.63, 3.8) is 0 Å². The van der Waals surface area contributed by atoms with E-state index in [9.17, 15) is 9.59 Å². The van der Waals surface area contributed by atoms with Crippen LogP contribution in [0.1, 0.15) is 24.0 Å². The number of aryl methyl sites for hydroxylation is 1. The van der Waals surface area contributed by atoms with Crippen LogP contribution in [0.5, 0.6) is 0 Å². The minimum absolute atomic E-state index is 0.0475. The third-order valence-corrected chi connectivity index (χ3v) is 7.43. The third kappa shape index (κ3) is 5.18. The molecule has 0 radical (unpaired) electrons. The van der Waals surface area contributed by atoms with Gasteiger partial charge in [-0.3, -0.25) is 14.7 Å². The Balaban J connectivity index is 1.12. The number of carbonyl (C=O) groups excluding carboxylic acids is 2. The lowest BCUT2D eigenvalue weighted by atomic mass is 10.0. The van der Waals surface area contributed by atoms with Crippen LogP contribution in [0.3, 0.4) is 0 Å². The number of hydrogen-bond donors (Lipinski definition) is 2. The Labute approximate surface area is 233 Å². The maximum atomic E-state index is 13.1. The molecule has 6 rings (SSSR count). The lowest BCUT2D eigenvalue weighted by molar-refractivity contribution is -0.117. The predicted molar refractivity (Wildman–Crippen MR) is 158 cm³/mol. The maximum absolute atomic E-state index is 13.1. The van der Waals surface area contributed by atoms with Gasteiger partial charge >= 0.3 is 6.03 Å². The molecule has 0 atom stereocenters. The molecule has 2 saturated heterocycles. The zero-order valence-corrected chi connectivity index (χ0v) is 22.4. The van der Waals surface area contributed by atoms with E-state index in [4.69, 9.17) is 5.73 Å². The van der Waals surface area contributed by atoms with E-state index < -0.39 is 0 Å². The Morgan fingerprint density at radius 2 is 1.73 bits per heavy atom. The molecule has 40 heavy (non-hydrogen) atoms. The van der Waals surface area contributed by atoms with Gasteiger partial charge in [0.2, 0.25) is 5.91 Å². The van der Waals surface area contributed by atoms with Gasteiger partial charge in [0, 0.05) is 55.7 Å². The predicted octanol–water partition coefficient (Wildman–Crippen LogP) is 5.35. The van der Waals surface area contributed by atoms with Crippen molar-refractivity contribution in [2.24, 2.45) is 0 Å². The summed E-state index contributed by atoms with van der Waals surface area (Å²) in [7, 11) is 0. The summed E-state index contributed by atoms with van der Waals surface area (Å²) >= 11 is 0. The van der Waals surface area contributed by atoms with Crippen molar-refractivity contribution in [2.75, 3.05) is 40.5 Å². The number of rotatable bonds is 7. The monoisotopic (exact) mass is 533 g/mol. The number of nitrogen functional groups attached to an aromatic ring is 1. The molecule has 0 spiro atoms. The van der Waals surface area contributed by atoms with Crippen LogP contribution >= 0.6 is 0 Å². The van der Waals surface area contributed by atoms with Gasteiger partial charge in [0.1, 0.15) is 5.82 Å². The Kier molecular flexibility index (Phi) is 6.77. The van der Waals surface area contributed by atoms with E-state index in [1.165, 1.54) is 0 Å². The molecule has 0 saturated carbocycles. The van der Waals surface area contributed by atoms with Gasteiger partial charge in [-0.25, -0.2) is 9.78 Å². The number of hydrogen-bond acceptors (Lipinski definition) is 6. The number of benzene rings is 2. The van der Waals surface area contributed by atoms with Crippen molar-refractivity contribution in [3.8, 4) is 11.1 Å². The van der Waals surface area contributed by atoms with E-state index in [2.05, 4.69) is 34.3 Å². The van der Waals surface area contributed by atoms with Crippen molar-refractivity contribution in [1.82, 2.24) is 14.9 Å². The van der Waals surface area contributed by atoms with Crippen molar-refractivity contribution >= 4 is 40.5 Å². The molecule has 3 amide bonds. The van der Waals surface area contributed by atoms with Gasteiger partial charge in [-0.15, -0.1) is 0 Å². The van der Waals surface area contributed by atoms with Crippen molar-refractivity contribution < 1.29 is 9.59 Å². The molecule has 0 bridgehead atoms. The maximum Gasteiger partial charge on any atom is 0.324 e. The largest absolute Gasteiger partial charge is 0.399 e. The molecule has 0 aliphatic carbocycles. The molecule has 3 N–H and O–H groups in total. The van der Waals surface area contributed by atoms with Crippen molar-refractivity contribution in [3.05, 3.63) is 90.4 Å². The molecule has 9 nitrogen and oxygen atoms in total. The highest BCUT2D eigenvalue weighted by Crippen LogP contribution is 2.30. The van der Waals surface area contributed by atoms with Gasteiger partial charge in [-0.05, 0) is 72.5 Å². The van der Waals surface area contributed by atoms with Crippen molar-refractivity contribution in [2.45, 2.75) is 26.3 Å². The van der Waals surface area contributed by atoms with Crippen LogP contribution < -0.4 is 20.9 Å². The Bertz CT molecular complexity index is 1550. The van der Waals surface area contributed by atoms with Crippen LogP contribution in [-0.4, -0.2) is 46.4 Å². The second-order valence-electron chi connectivity index (χ2n) is 10.2. The smallest absolute Gasteiger partial charge is 0.324 e. The number of aromatic nitrogens is 2. The summed E-state index contributed by atoms with van der Waals surface area (Å²) in [5.41, 5.74) is 13.1. The minimum Gasteiger partial charge on any atom is -0.399 e. The summed E-state index contributed by atoms with van der Waals surface area (Å²) in [4.78, 5) is 39.6. The molecule has 9 heteroatoms. The fraction of sp³-hybridized carbons (Fsp3) is 0.226. The molecule has 2 fully saturated rings. The van der Waals surface area contributed by atoms with Gasteiger partial charge in [0.05, 0.1) is 23.8 Å². The summed E-state index contributed by atoms with van der Waals surface area (Å²) in [6.07, 6.45) is 6.78. The Hall–Kier alpha value is -4.92. The first-order valence-corrected chi connectivity index (χ1v) is 13.4. The zero-order valence-electron chi connectivity index (χ0n) is 22.4. The summed E-state index contributed by atoms with van der Waals surface area (Å²) < 4.78 is 0. The number of nitrogens with zero attached hydrogens (tertiary/aromatic N) is 5. The standard InChI is InChI=1S/C31H31N7O2/c1-21-15-26(37-12-2-3-30(37)39)9-10-28(21)23-6-11-29(34-17-23)35-25-16-27(19-33-18-25)38-14-13-36(31(38)40)20-22-4-7-24(32)8-5-22/h4-11,15-19H,2-3,12-14,20,32H2,1H3,(H,34,35). The van der Waals surface area contributed by atoms with E-state index >= 15 is 0 Å². The van der Waals surface area contributed by atoms with E-state index in [-0.39, 0.29) is 11.9 Å². The molecule has 202 valence electrons. The summed E-state index contributed by atoms with van der Waals surface area (Å²) in [6.45, 7) is 4.60. The first-order chi connectivity index (χ1) is 19.4. The van der Waals surface area contributed by atoms with Crippen LogP contribution in [0.2, 0.25) is 0 Å². The normalized spacial score (nSPS) is 15.3. The average molecular weight is 534 g/mol. The number of nitrogens with two attached hydrogens (primary N) is 1. The van der Waals surface area contributed by atoms with Crippen LogP contribution in [-0.2, 0) is 11.3 Å². The van der Waals surface area contributed by atoms with Crippen LogP contribution in [0.25, 0.3) is 11.1 Å². The van der Waals surface area contributed by atoms with Gasteiger partial charge < -0.3 is 20.9 Å². The number of anilines is 5. The summed E-state index contributed by atoms with van der Waals surface area (Å²) in [5, 5.41) is 3.30. The highest BCUT2D eigenvalue weighted by molar-refractivity contribution is 5.96. The summed E-state index contributed by atoms with van der Waals surface area (Å²) in [6, 6.07) is 19.5. The van der Waals surface area contributed by atoms with Crippen LogP contribution in [0, 0.1) is 6.92 Å². The number of amides is 3. The number of pyridine rings is 2. The van der Waals surface area contributed by atoms with Gasteiger partial charge in [-0.2, -0.15) is 0 Å².